The molecule has 2 aromatic rings. The van der Waals surface area contributed by atoms with E-state index in [-0.39, 0.29) is 5.41 Å². The number of ether oxygens (including phenoxy) is 1. The minimum atomic E-state index is 0.151. The van der Waals surface area contributed by atoms with Gasteiger partial charge in [0.25, 0.3) is 0 Å². The summed E-state index contributed by atoms with van der Waals surface area (Å²) in [5.41, 5.74) is 3.90. The molecule has 0 unspecified atom stereocenters. The van der Waals surface area contributed by atoms with Crippen LogP contribution < -0.4 is 4.74 Å². The quantitative estimate of drug-likeness (QED) is 0.707. The molecule has 0 aromatic heterocycles. The lowest BCUT2D eigenvalue weighted by Gasteiger charge is -2.20. The van der Waals surface area contributed by atoms with E-state index in [1.807, 2.05) is 6.07 Å². The van der Waals surface area contributed by atoms with Gasteiger partial charge in [-0.3, -0.25) is 0 Å². The number of benzene rings is 2. The summed E-state index contributed by atoms with van der Waals surface area (Å²) in [7, 11) is 0. The zero-order valence-corrected chi connectivity index (χ0v) is 14.1. The normalized spacial score (nSPS) is 11.4. The lowest BCUT2D eigenvalue weighted by molar-refractivity contribution is 0.304. The predicted octanol–water partition coefficient (Wildman–Crippen LogP) is 5.63. The average molecular weight is 333 g/mol. The maximum Gasteiger partial charge on any atom is 0.134 e. The Labute approximate surface area is 130 Å². The lowest BCUT2D eigenvalue weighted by Crippen LogP contribution is -2.11. The van der Waals surface area contributed by atoms with Crippen molar-refractivity contribution in [1.29, 1.82) is 0 Å². The van der Waals surface area contributed by atoms with Crippen LogP contribution in [0.2, 0.25) is 0 Å². The summed E-state index contributed by atoms with van der Waals surface area (Å²) in [6.07, 6.45) is 0. The highest BCUT2D eigenvalue weighted by Crippen LogP contribution is 2.31. The van der Waals surface area contributed by atoms with E-state index < -0.39 is 0 Å². The van der Waals surface area contributed by atoms with E-state index in [0.29, 0.717) is 6.61 Å². The summed E-state index contributed by atoms with van der Waals surface area (Å²) in [5.74, 6) is 0.888. The summed E-state index contributed by atoms with van der Waals surface area (Å²) in [5, 5.41) is 0. The van der Waals surface area contributed by atoms with Crippen molar-refractivity contribution in [3.05, 3.63) is 63.6 Å². The molecule has 1 nitrogen and oxygen atoms in total. The first-order chi connectivity index (χ1) is 9.36. The van der Waals surface area contributed by atoms with Gasteiger partial charge >= 0.3 is 0 Å². The number of halogens is 1. The second-order valence-corrected chi connectivity index (χ2v) is 7.02. The Hall–Kier alpha value is -1.28. The van der Waals surface area contributed by atoms with Gasteiger partial charge in [-0.15, -0.1) is 0 Å². The van der Waals surface area contributed by atoms with Gasteiger partial charge in [0, 0.05) is 0 Å². The summed E-state index contributed by atoms with van der Waals surface area (Å²) < 4.78 is 6.89. The Balaban J connectivity index is 2.08. The zero-order valence-electron chi connectivity index (χ0n) is 12.5. The molecule has 0 aliphatic carbocycles. The van der Waals surface area contributed by atoms with Gasteiger partial charge in [-0.05, 0) is 51.5 Å². The third-order valence-corrected chi connectivity index (χ3v) is 3.93. The van der Waals surface area contributed by atoms with Gasteiger partial charge in [0.1, 0.15) is 12.4 Å². The van der Waals surface area contributed by atoms with Crippen LogP contribution in [0.5, 0.6) is 5.75 Å². The van der Waals surface area contributed by atoms with Crippen molar-refractivity contribution in [2.45, 2.75) is 39.7 Å². The highest BCUT2D eigenvalue weighted by molar-refractivity contribution is 9.10. The van der Waals surface area contributed by atoms with Crippen LogP contribution in [0.1, 0.15) is 37.5 Å². The fourth-order valence-corrected chi connectivity index (χ4v) is 2.42. The van der Waals surface area contributed by atoms with E-state index >= 15 is 0 Å². The number of aryl methyl sites for hydroxylation is 1. The van der Waals surface area contributed by atoms with E-state index in [9.17, 15) is 0 Å². The van der Waals surface area contributed by atoms with E-state index in [2.05, 4.69) is 80.0 Å². The van der Waals surface area contributed by atoms with Gasteiger partial charge in [0.15, 0.2) is 0 Å². The van der Waals surface area contributed by atoms with Crippen molar-refractivity contribution in [3.63, 3.8) is 0 Å². The first-order valence-electron chi connectivity index (χ1n) is 6.84. The second kappa shape index (κ2) is 6.01. The standard InChI is InChI=1S/C18H21BrO/c1-13-5-7-14(8-6-13)12-20-17-10-9-15(11-16(17)19)18(2,3)4/h5-11H,12H2,1-4H3. The third kappa shape index (κ3) is 3.86. The average Bonchev–Trinajstić information content (AvgIpc) is 2.38. The van der Waals surface area contributed by atoms with Crippen LogP contribution in [0.25, 0.3) is 0 Å². The molecular weight excluding hydrogens is 312 g/mol. The Bertz CT molecular complexity index is 579. The minimum absolute atomic E-state index is 0.151. The van der Waals surface area contributed by atoms with Gasteiger partial charge in [0.05, 0.1) is 4.47 Å². The highest BCUT2D eigenvalue weighted by Gasteiger charge is 2.15. The number of rotatable bonds is 3. The Kier molecular flexibility index (Phi) is 4.54. The van der Waals surface area contributed by atoms with E-state index in [0.717, 1.165) is 10.2 Å². The Morgan fingerprint density at radius 2 is 1.65 bits per heavy atom. The fraction of sp³-hybridized carbons (Fsp3) is 0.333. The molecule has 0 radical (unpaired) electrons. The molecule has 0 saturated carbocycles. The first-order valence-corrected chi connectivity index (χ1v) is 7.64. The van der Waals surface area contributed by atoms with Gasteiger partial charge in [-0.1, -0.05) is 56.7 Å². The minimum Gasteiger partial charge on any atom is -0.488 e. The number of hydrogen-bond donors (Lipinski definition) is 0. The molecule has 106 valence electrons. The van der Waals surface area contributed by atoms with Crippen molar-refractivity contribution in [1.82, 2.24) is 0 Å². The molecule has 0 amide bonds. The molecule has 2 rings (SSSR count). The molecule has 0 aliphatic rings. The van der Waals surface area contributed by atoms with Gasteiger partial charge in [-0.2, -0.15) is 0 Å². The van der Waals surface area contributed by atoms with E-state index in [1.54, 1.807) is 0 Å². The summed E-state index contributed by atoms with van der Waals surface area (Å²) in [6.45, 7) is 9.31. The molecule has 2 aromatic carbocycles. The van der Waals surface area contributed by atoms with E-state index in [1.165, 1.54) is 16.7 Å². The van der Waals surface area contributed by atoms with Crippen LogP contribution in [0.4, 0.5) is 0 Å². The van der Waals surface area contributed by atoms with Gasteiger partial charge in [0.2, 0.25) is 0 Å². The van der Waals surface area contributed by atoms with Gasteiger partial charge in [-0.25, -0.2) is 0 Å². The maximum absolute atomic E-state index is 5.88. The predicted molar refractivity (Wildman–Crippen MR) is 88.4 cm³/mol. The highest BCUT2D eigenvalue weighted by atomic mass is 79.9. The van der Waals surface area contributed by atoms with Crippen LogP contribution in [-0.4, -0.2) is 0 Å². The molecule has 0 spiro atoms. The SMILES string of the molecule is Cc1ccc(COc2ccc(C(C)(C)C)cc2Br)cc1. The van der Waals surface area contributed by atoms with Crippen LogP contribution in [0.3, 0.4) is 0 Å². The van der Waals surface area contributed by atoms with Crippen molar-refractivity contribution >= 4 is 15.9 Å². The number of hydrogen-bond acceptors (Lipinski definition) is 1. The van der Waals surface area contributed by atoms with E-state index in [4.69, 9.17) is 4.74 Å². The van der Waals surface area contributed by atoms with Crippen LogP contribution in [0.15, 0.2) is 46.9 Å². The molecule has 0 heterocycles. The Morgan fingerprint density at radius 3 is 2.20 bits per heavy atom. The van der Waals surface area contributed by atoms with Crippen LogP contribution >= 0.6 is 15.9 Å². The second-order valence-electron chi connectivity index (χ2n) is 6.17. The van der Waals surface area contributed by atoms with Crippen LogP contribution in [-0.2, 0) is 12.0 Å². The summed E-state index contributed by atoms with van der Waals surface area (Å²) in [4.78, 5) is 0. The maximum atomic E-state index is 5.88. The van der Waals surface area contributed by atoms with Crippen molar-refractivity contribution < 1.29 is 4.74 Å². The van der Waals surface area contributed by atoms with Gasteiger partial charge < -0.3 is 4.74 Å². The molecular formula is C18H21BrO. The molecule has 0 bridgehead atoms. The molecule has 0 N–H and O–H groups in total. The monoisotopic (exact) mass is 332 g/mol. The fourth-order valence-electron chi connectivity index (χ4n) is 1.93. The summed E-state index contributed by atoms with van der Waals surface area (Å²) in [6, 6.07) is 14.7. The van der Waals surface area contributed by atoms with Crippen molar-refractivity contribution in [2.24, 2.45) is 0 Å². The molecule has 0 fully saturated rings. The van der Waals surface area contributed by atoms with Crippen LogP contribution in [0, 0.1) is 6.92 Å². The molecule has 0 atom stereocenters. The van der Waals surface area contributed by atoms with Crippen molar-refractivity contribution in [2.75, 3.05) is 0 Å². The molecule has 0 saturated heterocycles. The largest absolute Gasteiger partial charge is 0.488 e. The lowest BCUT2D eigenvalue weighted by atomic mass is 9.87. The molecule has 2 heteroatoms. The first kappa shape index (κ1) is 15.1. The Morgan fingerprint density at radius 1 is 1.00 bits per heavy atom. The topological polar surface area (TPSA) is 9.23 Å². The zero-order chi connectivity index (χ0) is 14.8. The smallest absolute Gasteiger partial charge is 0.134 e. The molecule has 0 aliphatic heterocycles. The molecule has 20 heavy (non-hydrogen) atoms. The summed E-state index contributed by atoms with van der Waals surface area (Å²) >= 11 is 3.60. The third-order valence-electron chi connectivity index (χ3n) is 3.31. The van der Waals surface area contributed by atoms with Crippen molar-refractivity contribution in [3.8, 4) is 5.75 Å².